The number of carbonyl (C=O) groups excluding carboxylic acids is 2. The summed E-state index contributed by atoms with van der Waals surface area (Å²) in [6, 6.07) is 0. The minimum absolute atomic E-state index is 0.175. The van der Waals surface area contributed by atoms with Gasteiger partial charge in [0.15, 0.2) is 0 Å². The Bertz CT molecular complexity index is 343. The van der Waals surface area contributed by atoms with Crippen molar-refractivity contribution >= 4 is 12.1 Å². The zero-order valence-electron chi connectivity index (χ0n) is 12.1. The van der Waals surface area contributed by atoms with Gasteiger partial charge in [0, 0.05) is 0 Å². The smallest absolute Gasteiger partial charge is 0.411 e. The lowest BCUT2D eigenvalue weighted by atomic mass is 10.2. The van der Waals surface area contributed by atoms with Crippen LogP contribution >= 0.6 is 0 Å². The van der Waals surface area contributed by atoms with Gasteiger partial charge < -0.3 is 14.6 Å². The fourth-order valence-corrected chi connectivity index (χ4v) is 1.74. The molecule has 0 aromatic carbocycles. The number of carbonyl (C=O) groups is 2. The number of esters is 1. The van der Waals surface area contributed by atoms with Crippen molar-refractivity contribution in [2.75, 3.05) is 19.8 Å². The molecule has 0 atom stereocenters. The van der Waals surface area contributed by atoms with E-state index >= 15 is 0 Å². The summed E-state index contributed by atoms with van der Waals surface area (Å²) in [5.41, 5.74) is -1.30. The highest BCUT2D eigenvalue weighted by Crippen LogP contribution is 2.41. The van der Waals surface area contributed by atoms with Gasteiger partial charge in [-0.3, -0.25) is 9.69 Å². The summed E-state index contributed by atoms with van der Waals surface area (Å²) in [5.74, 6) is -0.493. The Kier molecular flexibility index (Phi) is 4.79. The molecule has 1 fully saturated rings. The molecule has 1 aliphatic carbocycles. The van der Waals surface area contributed by atoms with E-state index in [4.69, 9.17) is 9.47 Å². The molecule has 1 N–H and O–H groups in total. The molecule has 0 aromatic rings. The summed E-state index contributed by atoms with van der Waals surface area (Å²) in [5, 5.41) is 9.42. The van der Waals surface area contributed by atoms with Crippen LogP contribution in [0.1, 0.15) is 40.5 Å². The predicted octanol–water partition coefficient (Wildman–Crippen LogP) is 1.31. The Morgan fingerprint density at radius 2 is 1.89 bits per heavy atom. The molecule has 6 nitrogen and oxygen atoms in total. The monoisotopic (exact) mass is 273 g/mol. The van der Waals surface area contributed by atoms with Gasteiger partial charge in [0.2, 0.25) is 0 Å². The third-order valence-corrected chi connectivity index (χ3v) is 2.90. The van der Waals surface area contributed by atoms with Crippen LogP contribution in [0.4, 0.5) is 4.79 Å². The molecule has 1 amide bonds. The van der Waals surface area contributed by atoms with Crippen LogP contribution in [0.2, 0.25) is 0 Å². The average molecular weight is 273 g/mol. The number of hydrogen-bond donors (Lipinski definition) is 1. The van der Waals surface area contributed by atoms with Crippen molar-refractivity contribution in [1.82, 2.24) is 4.90 Å². The standard InChI is InChI=1S/C13H23NO5/c1-5-18-10(16)8-14(13(9-15)6-7-13)11(17)19-12(2,3)4/h15H,5-9H2,1-4H3. The molecule has 0 bridgehead atoms. The van der Waals surface area contributed by atoms with Gasteiger partial charge in [-0.15, -0.1) is 0 Å². The first kappa shape index (κ1) is 15.8. The highest BCUT2D eigenvalue weighted by Gasteiger charge is 2.51. The van der Waals surface area contributed by atoms with Gasteiger partial charge in [-0.25, -0.2) is 4.79 Å². The molecule has 0 saturated heterocycles. The van der Waals surface area contributed by atoms with Gasteiger partial charge in [-0.1, -0.05) is 0 Å². The van der Waals surface area contributed by atoms with Crippen molar-refractivity contribution in [3.05, 3.63) is 0 Å². The van der Waals surface area contributed by atoms with E-state index in [2.05, 4.69) is 0 Å². The number of aliphatic hydroxyl groups is 1. The van der Waals surface area contributed by atoms with Crippen molar-refractivity contribution in [3.8, 4) is 0 Å². The largest absolute Gasteiger partial charge is 0.465 e. The zero-order chi connectivity index (χ0) is 14.7. The van der Waals surface area contributed by atoms with E-state index in [1.54, 1.807) is 27.7 Å². The molecule has 6 heteroatoms. The first-order valence-corrected chi connectivity index (χ1v) is 6.51. The minimum Gasteiger partial charge on any atom is -0.465 e. The first-order chi connectivity index (χ1) is 8.74. The van der Waals surface area contributed by atoms with Crippen molar-refractivity contribution in [1.29, 1.82) is 0 Å². The number of nitrogens with zero attached hydrogens (tertiary/aromatic N) is 1. The number of hydrogen-bond acceptors (Lipinski definition) is 5. The highest BCUT2D eigenvalue weighted by molar-refractivity contribution is 5.79. The Morgan fingerprint density at radius 3 is 2.26 bits per heavy atom. The molecule has 0 aromatic heterocycles. The molecular formula is C13H23NO5. The lowest BCUT2D eigenvalue weighted by molar-refractivity contribution is -0.145. The lowest BCUT2D eigenvalue weighted by Gasteiger charge is -2.32. The number of rotatable bonds is 5. The maximum absolute atomic E-state index is 12.1. The van der Waals surface area contributed by atoms with E-state index in [0.29, 0.717) is 12.8 Å². The summed E-state index contributed by atoms with van der Waals surface area (Å²) in [4.78, 5) is 25.0. The fraction of sp³-hybridized carbons (Fsp3) is 0.846. The van der Waals surface area contributed by atoms with Crippen LogP contribution in [-0.4, -0.2) is 53.0 Å². The van der Waals surface area contributed by atoms with Crippen LogP contribution < -0.4 is 0 Å². The number of ether oxygens (including phenoxy) is 2. The highest BCUT2D eigenvalue weighted by atomic mass is 16.6. The molecule has 0 unspecified atom stereocenters. The second-order valence-electron chi connectivity index (χ2n) is 5.75. The summed E-state index contributed by atoms with van der Waals surface area (Å²) in [6.45, 7) is 6.86. The molecular weight excluding hydrogens is 250 g/mol. The predicted molar refractivity (Wildman–Crippen MR) is 68.6 cm³/mol. The van der Waals surface area contributed by atoms with E-state index in [1.165, 1.54) is 4.90 Å². The van der Waals surface area contributed by atoms with Gasteiger partial charge in [0.1, 0.15) is 12.1 Å². The quantitative estimate of drug-likeness (QED) is 0.764. The molecule has 110 valence electrons. The molecule has 0 heterocycles. The molecule has 1 rings (SSSR count). The first-order valence-electron chi connectivity index (χ1n) is 6.51. The van der Waals surface area contributed by atoms with Crippen LogP contribution in [0, 0.1) is 0 Å². The van der Waals surface area contributed by atoms with Crippen molar-refractivity contribution in [2.24, 2.45) is 0 Å². The van der Waals surface area contributed by atoms with E-state index in [-0.39, 0.29) is 19.8 Å². The van der Waals surface area contributed by atoms with E-state index in [0.717, 1.165) is 0 Å². The van der Waals surface area contributed by atoms with Gasteiger partial charge >= 0.3 is 12.1 Å². The van der Waals surface area contributed by atoms with Crippen LogP contribution in [-0.2, 0) is 14.3 Å². The molecule has 1 saturated carbocycles. The van der Waals surface area contributed by atoms with Crippen LogP contribution in [0.25, 0.3) is 0 Å². The maximum atomic E-state index is 12.1. The number of amides is 1. The van der Waals surface area contributed by atoms with Gasteiger partial charge in [-0.2, -0.15) is 0 Å². The Balaban J connectivity index is 2.76. The fourth-order valence-electron chi connectivity index (χ4n) is 1.74. The van der Waals surface area contributed by atoms with E-state index < -0.39 is 23.2 Å². The molecule has 0 aliphatic heterocycles. The summed E-state index contributed by atoms with van der Waals surface area (Å²) in [6.07, 6.45) is 0.747. The molecule has 0 spiro atoms. The van der Waals surface area contributed by atoms with Crippen molar-refractivity contribution < 1.29 is 24.2 Å². The second kappa shape index (κ2) is 5.77. The van der Waals surface area contributed by atoms with Crippen LogP contribution in [0.5, 0.6) is 0 Å². The van der Waals surface area contributed by atoms with Gasteiger partial charge in [0.05, 0.1) is 18.8 Å². The van der Waals surface area contributed by atoms with E-state index in [9.17, 15) is 14.7 Å². The molecule has 0 radical (unpaired) electrons. The second-order valence-corrected chi connectivity index (χ2v) is 5.75. The summed E-state index contributed by atoms with van der Waals surface area (Å²) in [7, 11) is 0. The van der Waals surface area contributed by atoms with Crippen molar-refractivity contribution in [2.45, 2.75) is 51.7 Å². The Morgan fingerprint density at radius 1 is 1.32 bits per heavy atom. The normalized spacial score (nSPS) is 16.7. The van der Waals surface area contributed by atoms with Gasteiger partial charge in [0.25, 0.3) is 0 Å². The molecule has 19 heavy (non-hydrogen) atoms. The third kappa shape index (κ3) is 4.38. The number of aliphatic hydroxyl groups excluding tert-OH is 1. The summed E-state index contributed by atoms with van der Waals surface area (Å²) < 4.78 is 10.1. The van der Waals surface area contributed by atoms with E-state index in [1.807, 2.05) is 0 Å². The lowest BCUT2D eigenvalue weighted by Crippen LogP contribution is -2.49. The average Bonchev–Trinajstić information content (AvgIpc) is 3.04. The topological polar surface area (TPSA) is 76.1 Å². The Labute approximate surface area is 113 Å². The SMILES string of the molecule is CCOC(=O)CN(C(=O)OC(C)(C)C)C1(CO)CC1. The van der Waals surface area contributed by atoms with Gasteiger partial charge in [-0.05, 0) is 40.5 Å². The minimum atomic E-state index is -0.658. The summed E-state index contributed by atoms with van der Waals surface area (Å²) >= 11 is 0. The maximum Gasteiger partial charge on any atom is 0.411 e. The van der Waals surface area contributed by atoms with Crippen LogP contribution in [0.15, 0.2) is 0 Å². The zero-order valence-corrected chi connectivity index (χ0v) is 12.1. The third-order valence-electron chi connectivity index (χ3n) is 2.90. The van der Waals surface area contributed by atoms with Crippen LogP contribution in [0.3, 0.4) is 0 Å². The Hall–Kier alpha value is -1.30. The van der Waals surface area contributed by atoms with Crippen molar-refractivity contribution in [3.63, 3.8) is 0 Å². The molecule has 1 aliphatic rings.